The lowest BCUT2D eigenvalue weighted by Gasteiger charge is -2.37. The Labute approximate surface area is 110 Å². The summed E-state index contributed by atoms with van der Waals surface area (Å²) >= 11 is 0. The maximum atomic E-state index is 9.89. The van der Waals surface area contributed by atoms with Gasteiger partial charge in [-0.3, -0.25) is 0 Å². The second-order valence-corrected chi connectivity index (χ2v) is 5.24. The molecule has 1 rings (SSSR count). The Balaban J connectivity index is 2.17. The number of hydrogen-bond acceptors (Lipinski definition) is 5. The number of nitrogens with two attached hydrogens (primary N) is 1. The Morgan fingerprint density at radius 1 is 1.44 bits per heavy atom. The number of ether oxygens (including phenoxy) is 2. The molecule has 18 heavy (non-hydrogen) atoms. The SMILES string of the molecule is COCCOCC(O)CN1CCC(C)C(CN)C1. The summed E-state index contributed by atoms with van der Waals surface area (Å²) in [6, 6.07) is 0. The summed E-state index contributed by atoms with van der Waals surface area (Å²) in [6.45, 7) is 7.20. The first kappa shape index (κ1) is 15.9. The van der Waals surface area contributed by atoms with Gasteiger partial charge in [-0.25, -0.2) is 0 Å². The van der Waals surface area contributed by atoms with Crippen molar-refractivity contribution in [2.24, 2.45) is 17.6 Å². The smallest absolute Gasteiger partial charge is 0.0900 e. The van der Waals surface area contributed by atoms with Gasteiger partial charge in [-0.2, -0.15) is 0 Å². The van der Waals surface area contributed by atoms with Crippen LogP contribution in [0, 0.1) is 11.8 Å². The van der Waals surface area contributed by atoms with Crippen LogP contribution in [-0.2, 0) is 9.47 Å². The molecule has 3 N–H and O–H groups in total. The van der Waals surface area contributed by atoms with Crippen molar-refractivity contribution in [2.45, 2.75) is 19.4 Å². The van der Waals surface area contributed by atoms with E-state index in [2.05, 4.69) is 11.8 Å². The fourth-order valence-electron chi connectivity index (χ4n) is 2.41. The molecule has 5 nitrogen and oxygen atoms in total. The molecule has 1 fully saturated rings. The maximum absolute atomic E-state index is 9.89. The molecule has 0 bridgehead atoms. The molecule has 1 heterocycles. The largest absolute Gasteiger partial charge is 0.389 e. The number of aliphatic hydroxyl groups excluding tert-OH is 1. The normalized spacial score (nSPS) is 27.3. The van der Waals surface area contributed by atoms with Gasteiger partial charge in [0, 0.05) is 20.2 Å². The quantitative estimate of drug-likeness (QED) is 0.598. The molecule has 1 aliphatic heterocycles. The molecule has 0 aliphatic carbocycles. The predicted octanol–water partition coefficient (Wildman–Crippen LogP) is -0.0730. The van der Waals surface area contributed by atoms with Crippen molar-refractivity contribution in [1.29, 1.82) is 0 Å². The molecule has 0 amide bonds. The predicted molar refractivity (Wildman–Crippen MR) is 71.5 cm³/mol. The van der Waals surface area contributed by atoms with Gasteiger partial charge in [0.05, 0.1) is 25.9 Å². The van der Waals surface area contributed by atoms with E-state index in [-0.39, 0.29) is 0 Å². The molecule has 0 aromatic heterocycles. The van der Waals surface area contributed by atoms with Crippen molar-refractivity contribution in [3.63, 3.8) is 0 Å². The second-order valence-electron chi connectivity index (χ2n) is 5.24. The van der Waals surface area contributed by atoms with Crippen LogP contribution >= 0.6 is 0 Å². The van der Waals surface area contributed by atoms with Crippen LogP contribution in [0.3, 0.4) is 0 Å². The average molecular weight is 260 g/mol. The molecule has 108 valence electrons. The van der Waals surface area contributed by atoms with Crippen molar-refractivity contribution in [3.8, 4) is 0 Å². The third kappa shape index (κ3) is 5.63. The molecule has 0 aromatic carbocycles. The number of β-amino-alcohol motifs (C(OH)–C–C–N with tert-alkyl or cyclic N) is 1. The van der Waals surface area contributed by atoms with Crippen LogP contribution in [-0.4, -0.2) is 69.2 Å². The summed E-state index contributed by atoms with van der Waals surface area (Å²) in [4.78, 5) is 2.29. The minimum Gasteiger partial charge on any atom is -0.389 e. The van der Waals surface area contributed by atoms with Crippen molar-refractivity contribution in [2.75, 3.05) is 53.1 Å². The van der Waals surface area contributed by atoms with Gasteiger partial charge < -0.3 is 25.2 Å². The van der Waals surface area contributed by atoms with Crippen LogP contribution in [0.4, 0.5) is 0 Å². The van der Waals surface area contributed by atoms with Crippen molar-refractivity contribution < 1.29 is 14.6 Å². The van der Waals surface area contributed by atoms with Gasteiger partial charge >= 0.3 is 0 Å². The van der Waals surface area contributed by atoms with E-state index in [1.807, 2.05) is 0 Å². The number of hydrogen-bond donors (Lipinski definition) is 2. The van der Waals surface area contributed by atoms with Gasteiger partial charge in [0.2, 0.25) is 0 Å². The summed E-state index contributed by atoms with van der Waals surface area (Å²) in [5.41, 5.74) is 5.77. The van der Waals surface area contributed by atoms with Crippen LogP contribution in [0.15, 0.2) is 0 Å². The highest BCUT2D eigenvalue weighted by molar-refractivity contribution is 4.79. The molecule has 1 saturated heterocycles. The second kappa shape index (κ2) is 8.82. The van der Waals surface area contributed by atoms with Crippen LogP contribution in [0.5, 0.6) is 0 Å². The van der Waals surface area contributed by atoms with Gasteiger partial charge in [0.1, 0.15) is 0 Å². The zero-order valence-electron chi connectivity index (χ0n) is 11.7. The van der Waals surface area contributed by atoms with Crippen molar-refractivity contribution in [1.82, 2.24) is 4.90 Å². The number of methoxy groups -OCH3 is 1. The fourth-order valence-corrected chi connectivity index (χ4v) is 2.41. The van der Waals surface area contributed by atoms with E-state index in [0.29, 0.717) is 38.2 Å². The molecule has 3 unspecified atom stereocenters. The van der Waals surface area contributed by atoms with E-state index in [9.17, 15) is 5.11 Å². The zero-order valence-corrected chi connectivity index (χ0v) is 11.7. The van der Waals surface area contributed by atoms with Crippen LogP contribution in [0.1, 0.15) is 13.3 Å². The Hall–Kier alpha value is -0.200. The molecule has 0 saturated carbocycles. The van der Waals surface area contributed by atoms with E-state index < -0.39 is 6.10 Å². The average Bonchev–Trinajstić information content (AvgIpc) is 2.37. The Bertz CT molecular complexity index is 216. The Morgan fingerprint density at radius 2 is 2.22 bits per heavy atom. The maximum Gasteiger partial charge on any atom is 0.0900 e. The summed E-state index contributed by atoms with van der Waals surface area (Å²) < 4.78 is 10.2. The number of likely N-dealkylation sites (tertiary alicyclic amines) is 1. The van der Waals surface area contributed by atoms with E-state index in [4.69, 9.17) is 15.2 Å². The van der Waals surface area contributed by atoms with Crippen LogP contribution in [0.2, 0.25) is 0 Å². The lowest BCUT2D eigenvalue weighted by Crippen LogP contribution is -2.46. The zero-order chi connectivity index (χ0) is 13.4. The third-order valence-electron chi connectivity index (χ3n) is 3.71. The highest BCUT2D eigenvalue weighted by atomic mass is 16.5. The molecule has 0 aromatic rings. The minimum atomic E-state index is -0.423. The highest BCUT2D eigenvalue weighted by Crippen LogP contribution is 2.22. The van der Waals surface area contributed by atoms with Crippen LogP contribution in [0.25, 0.3) is 0 Å². The van der Waals surface area contributed by atoms with Crippen molar-refractivity contribution in [3.05, 3.63) is 0 Å². The lowest BCUT2D eigenvalue weighted by molar-refractivity contribution is -0.00874. The third-order valence-corrected chi connectivity index (χ3v) is 3.71. The fraction of sp³-hybridized carbons (Fsp3) is 1.00. The van der Waals surface area contributed by atoms with Gasteiger partial charge in [-0.1, -0.05) is 6.92 Å². The summed E-state index contributed by atoms with van der Waals surface area (Å²) in [7, 11) is 1.64. The molecule has 0 radical (unpaired) electrons. The number of aliphatic hydroxyl groups is 1. The standard InChI is InChI=1S/C13H28N2O3/c1-11-3-4-15(8-12(11)7-14)9-13(16)10-18-6-5-17-2/h11-13,16H,3-10,14H2,1-2H3. The van der Waals surface area contributed by atoms with E-state index in [0.717, 1.165) is 19.6 Å². The van der Waals surface area contributed by atoms with Gasteiger partial charge in [-0.05, 0) is 31.3 Å². The first-order chi connectivity index (χ1) is 8.67. The van der Waals surface area contributed by atoms with E-state index in [1.165, 1.54) is 6.42 Å². The lowest BCUT2D eigenvalue weighted by atomic mass is 9.87. The molecule has 1 aliphatic rings. The monoisotopic (exact) mass is 260 g/mol. The Kier molecular flexibility index (Phi) is 7.77. The molecule has 0 spiro atoms. The molecule has 3 atom stereocenters. The summed E-state index contributed by atoms with van der Waals surface area (Å²) in [5, 5.41) is 9.89. The number of rotatable bonds is 8. The summed E-state index contributed by atoms with van der Waals surface area (Å²) in [5.74, 6) is 1.25. The van der Waals surface area contributed by atoms with Gasteiger partial charge in [-0.15, -0.1) is 0 Å². The Morgan fingerprint density at radius 3 is 2.89 bits per heavy atom. The number of piperidine rings is 1. The molecule has 5 heteroatoms. The summed E-state index contributed by atoms with van der Waals surface area (Å²) in [6.07, 6.45) is 0.743. The van der Waals surface area contributed by atoms with Crippen LogP contribution < -0.4 is 5.73 Å². The molecular formula is C13H28N2O3. The minimum absolute atomic E-state index is 0.378. The number of nitrogens with zero attached hydrogens (tertiary/aromatic N) is 1. The van der Waals surface area contributed by atoms with Crippen molar-refractivity contribution >= 4 is 0 Å². The van der Waals surface area contributed by atoms with Gasteiger partial charge in [0.15, 0.2) is 0 Å². The topological polar surface area (TPSA) is 68.0 Å². The first-order valence-electron chi connectivity index (χ1n) is 6.84. The van der Waals surface area contributed by atoms with E-state index >= 15 is 0 Å². The highest BCUT2D eigenvalue weighted by Gasteiger charge is 2.26. The van der Waals surface area contributed by atoms with E-state index in [1.54, 1.807) is 7.11 Å². The molecular weight excluding hydrogens is 232 g/mol. The first-order valence-corrected chi connectivity index (χ1v) is 6.84. The van der Waals surface area contributed by atoms with Gasteiger partial charge in [0.25, 0.3) is 0 Å².